The van der Waals surface area contributed by atoms with E-state index in [2.05, 4.69) is 0 Å². The van der Waals surface area contributed by atoms with Crippen LogP contribution in [0.3, 0.4) is 0 Å². The third kappa shape index (κ3) is 4.29. The molecule has 0 spiro atoms. The molecule has 0 radical (unpaired) electrons. The van der Waals surface area contributed by atoms with E-state index in [0.29, 0.717) is 13.0 Å². The van der Waals surface area contributed by atoms with Gasteiger partial charge in [-0.2, -0.15) is 0 Å². The normalized spacial score (nSPS) is 10.6. The molecule has 18 heavy (non-hydrogen) atoms. The van der Waals surface area contributed by atoms with Crippen molar-refractivity contribution in [2.75, 3.05) is 6.61 Å². The molecular weight excluding hydrogens is 250 g/mol. The van der Waals surface area contributed by atoms with Gasteiger partial charge in [-0.25, -0.2) is 0 Å². The van der Waals surface area contributed by atoms with Crippen LogP contribution in [0.4, 0.5) is 0 Å². The first-order valence-corrected chi connectivity index (χ1v) is 7.20. The summed E-state index contributed by atoms with van der Waals surface area (Å²) < 4.78 is 6.68. The third-order valence-corrected chi connectivity index (χ3v) is 3.94. The molecule has 1 aromatic rings. The van der Waals surface area contributed by atoms with Gasteiger partial charge in [0.05, 0.1) is 6.61 Å². The number of ether oxygens (including phenoxy) is 1. The van der Waals surface area contributed by atoms with Crippen molar-refractivity contribution in [3.8, 4) is 0 Å². The largest absolute Gasteiger partial charge is 0.466 e. The summed E-state index contributed by atoms with van der Waals surface area (Å²) in [4.78, 5) is 23.9. The summed E-state index contributed by atoms with van der Waals surface area (Å²) >= 11 is 1.30. The monoisotopic (exact) mass is 271 g/mol. The highest BCUT2D eigenvalue weighted by Gasteiger charge is 2.07. The van der Waals surface area contributed by atoms with Crippen molar-refractivity contribution in [2.24, 2.45) is 0 Å². The molecule has 0 atom stereocenters. The molecule has 4 nitrogen and oxygen atoms in total. The minimum absolute atomic E-state index is 0.121. The standard InChI is InChI=1S/C13H21NO3S/c1-4-17-12(15)8-6-5-7-9-14-10(2)11(3)18-13(14)16/h4-9H2,1-3H3. The van der Waals surface area contributed by atoms with Gasteiger partial charge in [-0.15, -0.1) is 0 Å². The maximum atomic E-state index is 11.6. The third-order valence-electron chi connectivity index (χ3n) is 2.94. The second kappa shape index (κ2) is 7.36. The van der Waals surface area contributed by atoms with Crippen LogP contribution in [0.25, 0.3) is 0 Å². The quantitative estimate of drug-likeness (QED) is 0.566. The van der Waals surface area contributed by atoms with Crippen molar-refractivity contribution in [3.63, 3.8) is 0 Å². The van der Waals surface area contributed by atoms with Gasteiger partial charge in [-0.3, -0.25) is 9.59 Å². The van der Waals surface area contributed by atoms with Crippen LogP contribution >= 0.6 is 11.3 Å². The summed E-state index contributed by atoms with van der Waals surface area (Å²) in [5.41, 5.74) is 1.07. The lowest BCUT2D eigenvalue weighted by molar-refractivity contribution is -0.143. The van der Waals surface area contributed by atoms with Crippen LogP contribution in [0.15, 0.2) is 4.79 Å². The van der Waals surface area contributed by atoms with E-state index in [1.807, 2.05) is 25.3 Å². The first-order valence-electron chi connectivity index (χ1n) is 6.38. The van der Waals surface area contributed by atoms with Crippen molar-refractivity contribution < 1.29 is 9.53 Å². The topological polar surface area (TPSA) is 48.3 Å². The second-order valence-electron chi connectivity index (χ2n) is 4.28. The van der Waals surface area contributed by atoms with Gasteiger partial charge in [0.1, 0.15) is 0 Å². The number of hydrogen-bond acceptors (Lipinski definition) is 4. The smallest absolute Gasteiger partial charge is 0.307 e. The fourth-order valence-corrected chi connectivity index (χ4v) is 2.65. The molecule has 1 rings (SSSR count). The van der Waals surface area contributed by atoms with E-state index in [1.165, 1.54) is 11.3 Å². The van der Waals surface area contributed by atoms with Gasteiger partial charge in [-0.05, 0) is 33.6 Å². The predicted octanol–water partition coefficient (Wildman–Crippen LogP) is 2.65. The number of rotatable bonds is 7. The lowest BCUT2D eigenvalue weighted by Gasteiger charge is -2.05. The van der Waals surface area contributed by atoms with Crippen LogP contribution < -0.4 is 4.87 Å². The van der Waals surface area contributed by atoms with E-state index in [4.69, 9.17) is 4.74 Å². The zero-order valence-corrected chi connectivity index (χ0v) is 12.1. The van der Waals surface area contributed by atoms with Crippen molar-refractivity contribution >= 4 is 17.3 Å². The average Bonchev–Trinajstić information content (AvgIpc) is 2.55. The summed E-state index contributed by atoms with van der Waals surface area (Å²) in [5, 5.41) is 0. The number of hydrogen-bond donors (Lipinski definition) is 0. The number of carbonyl (C=O) groups is 1. The summed E-state index contributed by atoms with van der Waals surface area (Å²) in [6.45, 7) is 6.95. The maximum Gasteiger partial charge on any atom is 0.307 e. The molecule has 102 valence electrons. The Morgan fingerprint density at radius 2 is 2.00 bits per heavy atom. The van der Waals surface area contributed by atoms with E-state index in [1.54, 1.807) is 0 Å². The predicted molar refractivity (Wildman–Crippen MR) is 73.2 cm³/mol. The number of carbonyl (C=O) groups excluding carboxylic acids is 1. The van der Waals surface area contributed by atoms with E-state index in [9.17, 15) is 9.59 Å². The molecular formula is C13H21NO3S. The number of aromatic nitrogens is 1. The van der Waals surface area contributed by atoms with Gasteiger partial charge in [0.25, 0.3) is 0 Å². The zero-order valence-electron chi connectivity index (χ0n) is 11.3. The van der Waals surface area contributed by atoms with E-state index in [0.717, 1.165) is 36.4 Å². The zero-order chi connectivity index (χ0) is 13.5. The summed E-state index contributed by atoms with van der Waals surface area (Å²) in [6, 6.07) is 0. The van der Waals surface area contributed by atoms with Gasteiger partial charge in [0.15, 0.2) is 0 Å². The number of aryl methyl sites for hydroxylation is 1. The molecule has 0 aliphatic carbocycles. The van der Waals surface area contributed by atoms with Gasteiger partial charge in [-0.1, -0.05) is 17.8 Å². The lowest BCUT2D eigenvalue weighted by atomic mass is 10.2. The molecule has 0 saturated heterocycles. The van der Waals surface area contributed by atoms with Crippen LogP contribution in [0.2, 0.25) is 0 Å². The van der Waals surface area contributed by atoms with Crippen LogP contribution in [-0.2, 0) is 16.1 Å². The highest BCUT2D eigenvalue weighted by atomic mass is 32.1. The van der Waals surface area contributed by atoms with Crippen molar-refractivity contribution in [2.45, 2.75) is 53.0 Å². The number of unbranched alkanes of at least 4 members (excludes halogenated alkanes) is 2. The average molecular weight is 271 g/mol. The van der Waals surface area contributed by atoms with Crippen LogP contribution in [0.5, 0.6) is 0 Å². The van der Waals surface area contributed by atoms with E-state index >= 15 is 0 Å². The molecule has 1 aromatic heterocycles. The van der Waals surface area contributed by atoms with Crippen molar-refractivity contribution in [3.05, 3.63) is 20.2 Å². The van der Waals surface area contributed by atoms with E-state index in [-0.39, 0.29) is 10.8 Å². The fourth-order valence-electron chi connectivity index (χ4n) is 1.80. The number of thiazole rings is 1. The van der Waals surface area contributed by atoms with Crippen molar-refractivity contribution in [1.29, 1.82) is 0 Å². The Morgan fingerprint density at radius 1 is 1.28 bits per heavy atom. The van der Waals surface area contributed by atoms with Gasteiger partial charge in [0.2, 0.25) is 0 Å². The minimum atomic E-state index is -0.128. The maximum absolute atomic E-state index is 11.6. The summed E-state index contributed by atoms with van der Waals surface area (Å²) in [7, 11) is 0. The molecule has 0 aliphatic rings. The van der Waals surface area contributed by atoms with Crippen molar-refractivity contribution in [1.82, 2.24) is 4.57 Å². The summed E-state index contributed by atoms with van der Waals surface area (Å²) in [5.74, 6) is -0.128. The van der Waals surface area contributed by atoms with Gasteiger partial charge >= 0.3 is 10.8 Å². The molecule has 0 aromatic carbocycles. The first kappa shape index (κ1) is 15.0. The Labute approximate surface area is 112 Å². The van der Waals surface area contributed by atoms with E-state index < -0.39 is 0 Å². The molecule has 0 fully saturated rings. The summed E-state index contributed by atoms with van der Waals surface area (Å²) in [6.07, 6.45) is 3.18. The molecule has 0 amide bonds. The molecule has 0 saturated carbocycles. The highest BCUT2D eigenvalue weighted by molar-refractivity contribution is 7.09. The molecule has 1 heterocycles. The number of esters is 1. The van der Waals surface area contributed by atoms with Crippen LogP contribution in [0, 0.1) is 13.8 Å². The fraction of sp³-hybridized carbons (Fsp3) is 0.692. The van der Waals surface area contributed by atoms with Crippen LogP contribution in [-0.4, -0.2) is 17.1 Å². The Kier molecular flexibility index (Phi) is 6.12. The van der Waals surface area contributed by atoms with Gasteiger partial charge < -0.3 is 9.30 Å². The Hall–Kier alpha value is -1.10. The molecule has 0 unspecified atom stereocenters. The number of nitrogens with zero attached hydrogens (tertiary/aromatic N) is 1. The SMILES string of the molecule is CCOC(=O)CCCCCn1c(C)c(C)sc1=O. The molecule has 0 bridgehead atoms. The van der Waals surface area contributed by atoms with Crippen LogP contribution in [0.1, 0.15) is 43.2 Å². The molecule has 0 N–H and O–H groups in total. The minimum Gasteiger partial charge on any atom is -0.466 e. The van der Waals surface area contributed by atoms with Gasteiger partial charge in [0, 0.05) is 23.5 Å². The Morgan fingerprint density at radius 3 is 2.56 bits per heavy atom. The highest BCUT2D eigenvalue weighted by Crippen LogP contribution is 2.11. The molecule has 5 heteroatoms. The Balaban J connectivity index is 2.26. The second-order valence-corrected chi connectivity index (χ2v) is 5.44. The first-order chi connectivity index (χ1) is 8.56. The lowest BCUT2D eigenvalue weighted by Crippen LogP contribution is -2.14. The molecule has 0 aliphatic heterocycles. The Bertz CT molecular complexity index is 448.